The van der Waals surface area contributed by atoms with Crippen molar-refractivity contribution in [2.24, 2.45) is 0 Å². The lowest BCUT2D eigenvalue weighted by Gasteiger charge is -2.10. The zero-order valence-corrected chi connectivity index (χ0v) is 12.5. The van der Waals surface area contributed by atoms with Crippen molar-refractivity contribution in [1.29, 1.82) is 0 Å². The van der Waals surface area contributed by atoms with Gasteiger partial charge in [0.25, 0.3) is 0 Å². The first-order valence-corrected chi connectivity index (χ1v) is 7.33. The van der Waals surface area contributed by atoms with Crippen molar-refractivity contribution >= 4 is 16.9 Å². The summed E-state index contributed by atoms with van der Waals surface area (Å²) < 4.78 is 0. The Kier molecular flexibility index (Phi) is 3.28. The SMILES string of the molecule is O=C(O)c1n[nH]c2ccc(-c3ccccn3)c(-c3ccccn3)c12. The molecule has 0 saturated carbocycles. The normalized spacial score (nSPS) is 10.8. The van der Waals surface area contributed by atoms with Crippen LogP contribution in [0.2, 0.25) is 0 Å². The summed E-state index contributed by atoms with van der Waals surface area (Å²) in [6.07, 6.45) is 3.38. The van der Waals surface area contributed by atoms with Gasteiger partial charge >= 0.3 is 5.97 Å². The molecule has 2 N–H and O–H groups in total. The van der Waals surface area contributed by atoms with Crippen LogP contribution >= 0.6 is 0 Å². The van der Waals surface area contributed by atoms with E-state index in [1.54, 1.807) is 12.4 Å². The summed E-state index contributed by atoms with van der Waals surface area (Å²) in [5, 5.41) is 16.7. The van der Waals surface area contributed by atoms with Crippen molar-refractivity contribution in [3.8, 4) is 22.5 Å². The van der Waals surface area contributed by atoms with Gasteiger partial charge in [0.2, 0.25) is 0 Å². The molecule has 0 aliphatic carbocycles. The molecule has 0 aliphatic rings. The maximum absolute atomic E-state index is 11.6. The average molecular weight is 316 g/mol. The van der Waals surface area contributed by atoms with Gasteiger partial charge < -0.3 is 5.11 Å². The predicted molar refractivity (Wildman–Crippen MR) is 89.5 cm³/mol. The molecule has 3 heterocycles. The van der Waals surface area contributed by atoms with Crippen LogP contribution in [-0.4, -0.2) is 31.2 Å². The quantitative estimate of drug-likeness (QED) is 0.604. The van der Waals surface area contributed by atoms with Crippen LogP contribution in [-0.2, 0) is 0 Å². The second-order valence-corrected chi connectivity index (χ2v) is 5.22. The maximum Gasteiger partial charge on any atom is 0.357 e. The molecule has 0 spiro atoms. The standard InChI is InChI=1S/C18H12N4O2/c23-18(24)17-16-14(21-22-17)8-7-11(12-5-1-3-9-19-12)15(16)13-6-2-4-10-20-13/h1-10H,(H,21,22)(H,23,24). The average Bonchev–Trinajstić information content (AvgIpc) is 3.07. The Hall–Kier alpha value is -3.54. The molecule has 6 nitrogen and oxygen atoms in total. The highest BCUT2D eigenvalue weighted by Crippen LogP contribution is 2.37. The summed E-state index contributed by atoms with van der Waals surface area (Å²) in [4.78, 5) is 20.4. The highest BCUT2D eigenvalue weighted by atomic mass is 16.4. The highest BCUT2D eigenvalue weighted by Gasteiger charge is 2.21. The Morgan fingerprint density at radius 1 is 0.917 bits per heavy atom. The number of pyridine rings is 2. The van der Waals surface area contributed by atoms with Crippen molar-refractivity contribution in [2.45, 2.75) is 0 Å². The van der Waals surface area contributed by atoms with E-state index in [0.717, 1.165) is 11.3 Å². The van der Waals surface area contributed by atoms with E-state index in [0.29, 0.717) is 22.2 Å². The lowest BCUT2D eigenvalue weighted by molar-refractivity contribution is 0.0692. The van der Waals surface area contributed by atoms with E-state index in [-0.39, 0.29) is 5.69 Å². The summed E-state index contributed by atoms with van der Waals surface area (Å²) in [7, 11) is 0. The summed E-state index contributed by atoms with van der Waals surface area (Å²) >= 11 is 0. The minimum atomic E-state index is -1.09. The van der Waals surface area contributed by atoms with Crippen molar-refractivity contribution in [3.05, 3.63) is 66.6 Å². The number of carboxylic acid groups (broad SMARTS) is 1. The number of rotatable bonds is 3. The fourth-order valence-corrected chi connectivity index (χ4v) is 2.78. The molecule has 0 unspecified atom stereocenters. The van der Waals surface area contributed by atoms with Crippen molar-refractivity contribution < 1.29 is 9.90 Å². The van der Waals surface area contributed by atoms with Gasteiger partial charge in [-0.2, -0.15) is 5.10 Å². The number of benzene rings is 1. The first-order chi connectivity index (χ1) is 11.8. The lowest BCUT2D eigenvalue weighted by Crippen LogP contribution is -1.99. The minimum absolute atomic E-state index is 0.0246. The molecule has 116 valence electrons. The number of nitrogens with zero attached hydrogens (tertiary/aromatic N) is 3. The summed E-state index contributed by atoms with van der Waals surface area (Å²) in [5.74, 6) is -1.09. The van der Waals surface area contributed by atoms with E-state index < -0.39 is 5.97 Å². The molecular formula is C18H12N4O2. The van der Waals surface area contributed by atoms with E-state index in [1.807, 2.05) is 48.5 Å². The number of carbonyl (C=O) groups is 1. The van der Waals surface area contributed by atoms with Crippen LogP contribution in [0.1, 0.15) is 10.5 Å². The summed E-state index contributed by atoms with van der Waals surface area (Å²) in [6, 6.07) is 14.9. The molecule has 0 radical (unpaired) electrons. The molecule has 6 heteroatoms. The van der Waals surface area contributed by atoms with E-state index in [9.17, 15) is 9.90 Å². The lowest BCUT2D eigenvalue weighted by atomic mass is 9.95. The number of H-pyrrole nitrogens is 1. The van der Waals surface area contributed by atoms with Crippen LogP contribution in [0.25, 0.3) is 33.4 Å². The monoisotopic (exact) mass is 316 g/mol. The van der Waals surface area contributed by atoms with Crippen molar-refractivity contribution in [2.75, 3.05) is 0 Å². The Labute approximate surface area is 136 Å². The van der Waals surface area contributed by atoms with E-state index in [2.05, 4.69) is 20.2 Å². The molecule has 0 bridgehead atoms. The molecule has 24 heavy (non-hydrogen) atoms. The Morgan fingerprint density at radius 2 is 1.62 bits per heavy atom. The van der Waals surface area contributed by atoms with Crippen LogP contribution < -0.4 is 0 Å². The van der Waals surface area contributed by atoms with Gasteiger partial charge in [-0.3, -0.25) is 15.1 Å². The molecule has 4 rings (SSSR count). The fraction of sp³-hybridized carbons (Fsp3) is 0. The van der Waals surface area contributed by atoms with Gasteiger partial charge in [0.15, 0.2) is 5.69 Å². The number of nitrogens with one attached hydrogen (secondary N) is 1. The van der Waals surface area contributed by atoms with E-state index >= 15 is 0 Å². The molecule has 0 amide bonds. The highest BCUT2D eigenvalue weighted by molar-refractivity contribution is 6.11. The topological polar surface area (TPSA) is 91.8 Å². The van der Waals surface area contributed by atoms with Crippen molar-refractivity contribution in [3.63, 3.8) is 0 Å². The van der Waals surface area contributed by atoms with Gasteiger partial charge in [-0.25, -0.2) is 4.79 Å². The van der Waals surface area contributed by atoms with Gasteiger partial charge in [0.05, 0.1) is 16.9 Å². The Morgan fingerprint density at radius 3 is 2.25 bits per heavy atom. The molecule has 0 aliphatic heterocycles. The molecule has 1 aromatic carbocycles. The number of carboxylic acids is 1. The largest absolute Gasteiger partial charge is 0.476 e. The number of hydrogen-bond acceptors (Lipinski definition) is 4. The van der Waals surface area contributed by atoms with Crippen LogP contribution in [0.3, 0.4) is 0 Å². The second kappa shape index (κ2) is 5.58. The first-order valence-electron chi connectivity index (χ1n) is 7.33. The summed E-state index contributed by atoms with van der Waals surface area (Å²) in [5.41, 5.74) is 3.56. The predicted octanol–water partition coefficient (Wildman–Crippen LogP) is 3.39. The molecule has 0 atom stereocenters. The third kappa shape index (κ3) is 2.21. The molecule has 0 fully saturated rings. The van der Waals surface area contributed by atoms with E-state index in [4.69, 9.17) is 0 Å². The molecule has 4 aromatic rings. The van der Waals surface area contributed by atoms with Gasteiger partial charge in [0.1, 0.15) is 0 Å². The molecular weight excluding hydrogens is 304 g/mol. The van der Waals surface area contributed by atoms with Gasteiger partial charge in [-0.15, -0.1) is 0 Å². The smallest absolute Gasteiger partial charge is 0.357 e. The van der Waals surface area contributed by atoms with E-state index in [1.165, 1.54) is 0 Å². The van der Waals surface area contributed by atoms with Gasteiger partial charge in [-0.05, 0) is 36.4 Å². The Bertz CT molecular complexity index is 1030. The number of aromatic amines is 1. The fourth-order valence-electron chi connectivity index (χ4n) is 2.78. The van der Waals surface area contributed by atoms with Crippen LogP contribution in [0.5, 0.6) is 0 Å². The van der Waals surface area contributed by atoms with Crippen LogP contribution in [0.15, 0.2) is 60.9 Å². The number of hydrogen-bond donors (Lipinski definition) is 2. The van der Waals surface area contributed by atoms with Crippen molar-refractivity contribution in [1.82, 2.24) is 20.2 Å². The number of aromatic nitrogens is 4. The van der Waals surface area contributed by atoms with Gasteiger partial charge in [-0.1, -0.05) is 12.1 Å². The zero-order chi connectivity index (χ0) is 16.5. The molecule has 3 aromatic heterocycles. The summed E-state index contributed by atoms with van der Waals surface area (Å²) in [6.45, 7) is 0. The third-order valence-electron chi connectivity index (χ3n) is 3.79. The maximum atomic E-state index is 11.6. The zero-order valence-electron chi connectivity index (χ0n) is 12.5. The third-order valence-corrected chi connectivity index (χ3v) is 3.79. The number of fused-ring (bicyclic) bond motifs is 1. The second-order valence-electron chi connectivity index (χ2n) is 5.22. The van der Waals surface area contributed by atoms with Crippen LogP contribution in [0, 0.1) is 0 Å². The minimum Gasteiger partial charge on any atom is -0.476 e. The molecule has 0 saturated heterocycles. The van der Waals surface area contributed by atoms with Crippen LogP contribution in [0.4, 0.5) is 0 Å². The first kappa shape index (κ1) is 14.1. The van der Waals surface area contributed by atoms with Gasteiger partial charge in [0, 0.05) is 28.9 Å². The Balaban J connectivity index is 2.14. The number of aromatic carboxylic acids is 1.